The number of nitrogens with two attached hydrogens (primary N) is 1. The van der Waals surface area contributed by atoms with Crippen molar-refractivity contribution in [3.05, 3.63) is 22.9 Å². The largest absolute Gasteiger partial charge is 0.365 e. The Labute approximate surface area is 154 Å². The smallest absolute Gasteiger partial charge is 0.252 e. The third-order valence-corrected chi connectivity index (χ3v) is 6.27. The van der Waals surface area contributed by atoms with Crippen molar-refractivity contribution in [1.29, 1.82) is 0 Å². The molecule has 2 aliphatic heterocycles. The molecule has 140 valence electrons. The van der Waals surface area contributed by atoms with Crippen LogP contribution in [0.3, 0.4) is 0 Å². The summed E-state index contributed by atoms with van der Waals surface area (Å²) in [5.74, 6) is 0.552. The molecule has 2 N–H and O–H groups in total. The van der Waals surface area contributed by atoms with E-state index in [2.05, 4.69) is 11.8 Å². The summed E-state index contributed by atoms with van der Waals surface area (Å²) in [6, 6.07) is 1.93. The van der Waals surface area contributed by atoms with Gasteiger partial charge in [-0.3, -0.25) is 9.59 Å². The van der Waals surface area contributed by atoms with Gasteiger partial charge in [0.05, 0.1) is 11.0 Å². The van der Waals surface area contributed by atoms with Crippen molar-refractivity contribution in [1.82, 2.24) is 9.88 Å². The summed E-state index contributed by atoms with van der Waals surface area (Å²) >= 11 is 0. The predicted molar refractivity (Wildman–Crippen MR) is 100 cm³/mol. The molecule has 3 aliphatic rings. The van der Waals surface area contributed by atoms with E-state index in [1.54, 1.807) is 0 Å². The van der Waals surface area contributed by atoms with Gasteiger partial charge in [-0.2, -0.15) is 0 Å². The van der Waals surface area contributed by atoms with Crippen LogP contribution >= 0.6 is 0 Å². The van der Waals surface area contributed by atoms with Crippen molar-refractivity contribution < 1.29 is 9.59 Å². The summed E-state index contributed by atoms with van der Waals surface area (Å²) in [5.41, 5.74) is 8.09. The van der Waals surface area contributed by atoms with Gasteiger partial charge in [-0.05, 0) is 56.6 Å². The predicted octanol–water partition coefficient (Wildman–Crippen LogP) is 1.90. The first-order valence-corrected chi connectivity index (χ1v) is 9.91. The van der Waals surface area contributed by atoms with Crippen molar-refractivity contribution in [2.75, 3.05) is 31.1 Å². The van der Waals surface area contributed by atoms with E-state index in [9.17, 15) is 9.59 Å². The van der Waals surface area contributed by atoms with Gasteiger partial charge in [-0.15, -0.1) is 0 Å². The van der Waals surface area contributed by atoms with Crippen LogP contribution < -0.4 is 10.6 Å². The number of carbonyl (C=O) groups excluding carboxylic acids is 2. The van der Waals surface area contributed by atoms with Crippen LogP contribution in [0.5, 0.6) is 0 Å². The van der Waals surface area contributed by atoms with Crippen molar-refractivity contribution in [2.24, 2.45) is 11.1 Å². The Morgan fingerprint density at radius 1 is 1.27 bits per heavy atom. The van der Waals surface area contributed by atoms with Gasteiger partial charge in [0.25, 0.3) is 5.91 Å². The Hall–Kier alpha value is -2.11. The Morgan fingerprint density at radius 3 is 2.88 bits per heavy atom. The Bertz CT molecular complexity index is 746. The van der Waals surface area contributed by atoms with E-state index in [1.807, 2.05) is 11.0 Å². The number of hydrogen-bond acceptors (Lipinski definition) is 4. The zero-order valence-corrected chi connectivity index (χ0v) is 15.6. The minimum Gasteiger partial charge on any atom is -0.365 e. The molecular weight excluding hydrogens is 328 g/mol. The second-order valence-electron chi connectivity index (χ2n) is 8.03. The lowest BCUT2D eigenvalue weighted by Gasteiger charge is -2.39. The van der Waals surface area contributed by atoms with E-state index in [4.69, 9.17) is 10.7 Å². The van der Waals surface area contributed by atoms with Gasteiger partial charge in [0.15, 0.2) is 0 Å². The number of amides is 2. The molecule has 0 bridgehead atoms. The van der Waals surface area contributed by atoms with Crippen LogP contribution in [0.15, 0.2) is 6.07 Å². The summed E-state index contributed by atoms with van der Waals surface area (Å²) in [5, 5.41) is 0. The van der Waals surface area contributed by atoms with E-state index < -0.39 is 5.91 Å². The number of nitrogens with zero attached hydrogens (tertiary/aromatic N) is 3. The number of likely N-dealkylation sites (tertiary alicyclic amines) is 1. The average Bonchev–Trinajstić information content (AvgIpc) is 3.25. The average molecular weight is 356 g/mol. The van der Waals surface area contributed by atoms with Crippen LogP contribution in [-0.4, -0.2) is 47.9 Å². The summed E-state index contributed by atoms with van der Waals surface area (Å²) in [7, 11) is 0. The number of aryl methyl sites for hydroxylation is 2. The SMILES string of the molecule is CCCN1CCCC2(CCN(c3nc4c(cc3C(N)=O)CCC4)C2)C1=O. The third kappa shape index (κ3) is 2.75. The molecule has 2 fully saturated rings. The zero-order chi connectivity index (χ0) is 18.3. The van der Waals surface area contributed by atoms with E-state index >= 15 is 0 Å². The number of carbonyl (C=O) groups is 2. The first-order valence-electron chi connectivity index (χ1n) is 9.91. The fraction of sp³-hybridized carbons (Fsp3) is 0.650. The van der Waals surface area contributed by atoms with Gasteiger partial charge in [0, 0.05) is 31.9 Å². The quantitative estimate of drug-likeness (QED) is 0.893. The molecule has 1 aliphatic carbocycles. The molecule has 1 atom stereocenters. The first-order chi connectivity index (χ1) is 12.5. The maximum atomic E-state index is 13.1. The molecule has 1 unspecified atom stereocenters. The summed E-state index contributed by atoms with van der Waals surface area (Å²) in [6.07, 6.45) is 6.82. The minimum atomic E-state index is -0.425. The highest BCUT2D eigenvalue weighted by Gasteiger charge is 2.48. The first kappa shape index (κ1) is 17.3. The zero-order valence-electron chi connectivity index (χ0n) is 15.6. The van der Waals surface area contributed by atoms with Gasteiger partial charge in [-0.1, -0.05) is 6.92 Å². The number of piperidine rings is 1. The molecule has 1 aromatic rings. The van der Waals surface area contributed by atoms with Gasteiger partial charge in [0.2, 0.25) is 5.91 Å². The highest BCUT2D eigenvalue weighted by atomic mass is 16.2. The molecule has 0 aromatic carbocycles. The van der Waals surface area contributed by atoms with Crippen molar-refractivity contribution >= 4 is 17.6 Å². The van der Waals surface area contributed by atoms with Gasteiger partial charge < -0.3 is 15.5 Å². The van der Waals surface area contributed by atoms with Crippen molar-refractivity contribution in [2.45, 2.75) is 51.9 Å². The Kier molecular flexibility index (Phi) is 4.37. The summed E-state index contributed by atoms with van der Waals surface area (Å²) in [6.45, 7) is 5.24. The number of rotatable bonds is 4. The molecule has 3 heterocycles. The second kappa shape index (κ2) is 6.56. The lowest BCUT2D eigenvalue weighted by molar-refractivity contribution is -0.145. The Balaban J connectivity index is 1.63. The maximum Gasteiger partial charge on any atom is 0.252 e. The van der Waals surface area contributed by atoms with Crippen molar-refractivity contribution in [3.8, 4) is 0 Å². The fourth-order valence-corrected chi connectivity index (χ4v) is 4.95. The lowest BCUT2D eigenvalue weighted by Crippen LogP contribution is -2.50. The molecule has 0 saturated carbocycles. The molecule has 6 nitrogen and oxygen atoms in total. The number of pyridine rings is 1. The molecule has 1 aromatic heterocycles. The maximum absolute atomic E-state index is 13.1. The molecule has 6 heteroatoms. The monoisotopic (exact) mass is 356 g/mol. The Morgan fingerprint density at radius 2 is 2.12 bits per heavy atom. The van der Waals surface area contributed by atoms with Crippen LogP contribution in [-0.2, 0) is 17.6 Å². The van der Waals surface area contributed by atoms with Crippen LogP contribution in [0.2, 0.25) is 0 Å². The molecule has 0 radical (unpaired) electrons. The third-order valence-electron chi connectivity index (χ3n) is 6.27. The minimum absolute atomic E-state index is 0.287. The number of aromatic nitrogens is 1. The number of primary amides is 1. The summed E-state index contributed by atoms with van der Waals surface area (Å²) in [4.78, 5) is 34.1. The topological polar surface area (TPSA) is 79.5 Å². The van der Waals surface area contributed by atoms with E-state index in [0.717, 1.165) is 75.8 Å². The lowest BCUT2D eigenvalue weighted by atomic mass is 9.78. The second-order valence-corrected chi connectivity index (χ2v) is 8.03. The normalized spacial score (nSPS) is 25.2. The highest BCUT2D eigenvalue weighted by molar-refractivity contribution is 5.98. The van der Waals surface area contributed by atoms with E-state index in [1.165, 1.54) is 0 Å². The fourth-order valence-electron chi connectivity index (χ4n) is 4.95. The van der Waals surface area contributed by atoms with Crippen LogP contribution in [0, 0.1) is 5.41 Å². The standard InChI is InChI=1S/C20H28N4O2/c1-2-9-23-10-4-7-20(19(23)26)8-11-24(13-20)18-15(17(21)25)12-14-5-3-6-16(14)22-18/h12H,2-11,13H2,1H3,(H2,21,25). The highest BCUT2D eigenvalue weighted by Crippen LogP contribution is 2.42. The number of anilines is 1. The number of fused-ring (bicyclic) bond motifs is 1. The molecule has 1 spiro atoms. The molecule has 26 heavy (non-hydrogen) atoms. The van der Waals surface area contributed by atoms with Crippen LogP contribution in [0.25, 0.3) is 0 Å². The van der Waals surface area contributed by atoms with Crippen LogP contribution in [0.4, 0.5) is 5.82 Å². The molecule has 2 amide bonds. The van der Waals surface area contributed by atoms with Crippen LogP contribution in [0.1, 0.15) is 60.6 Å². The van der Waals surface area contributed by atoms with Gasteiger partial charge in [-0.25, -0.2) is 4.98 Å². The van der Waals surface area contributed by atoms with E-state index in [-0.39, 0.29) is 11.3 Å². The molecule has 2 saturated heterocycles. The van der Waals surface area contributed by atoms with E-state index in [0.29, 0.717) is 17.9 Å². The molecule has 4 rings (SSSR count). The summed E-state index contributed by atoms with van der Waals surface area (Å²) < 4.78 is 0. The van der Waals surface area contributed by atoms with Crippen molar-refractivity contribution in [3.63, 3.8) is 0 Å². The van der Waals surface area contributed by atoms with Gasteiger partial charge in [0.1, 0.15) is 5.82 Å². The van der Waals surface area contributed by atoms with Gasteiger partial charge >= 0.3 is 0 Å². The number of hydrogen-bond donors (Lipinski definition) is 1. The molecular formula is C20H28N4O2.